The van der Waals surface area contributed by atoms with Crippen molar-refractivity contribution in [1.29, 1.82) is 5.26 Å². The van der Waals surface area contributed by atoms with E-state index in [0.29, 0.717) is 32.6 Å². The molecule has 138 valence electrons. The van der Waals surface area contributed by atoms with Crippen molar-refractivity contribution >= 4 is 27.6 Å². The predicted molar refractivity (Wildman–Crippen MR) is 102 cm³/mol. The molecule has 1 aliphatic carbocycles. The van der Waals surface area contributed by atoms with Gasteiger partial charge in [0.15, 0.2) is 0 Å². The highest BCUT2D eigenvalue weighted by atomic mass is 79.9. The highest BCUT2D eigenvalue weighted by molar-refractivity contribution is 9.10. The number of amides is 1. The van der Waals surface area contributed by atoms with Crippen LogP contribution in [0.2, 0.25) is 0 Å². The fraction of sp³-hybridized carbons (Fsp3) is 0.550. The van der Waals surface area contributed by atoms with Crippen LogP contribution in [0.25, 0.3) is 0 Å². The first kappa shape index (κ1) is 19.1. The lowest BCUT2D eigenvalue weighted by atomic mass is 9.65. The van der Waals surface area contributed by atoms with E-state index in [4.69, 9.17) is 0 Å². The van der Waals surface area contributed by atoms with Gasteiger partial charge in [-0.25, -0.2) is 0 Å². The topological polar surface area (TPSA) is 64.4 Å². The monoisotopic (exact) mass is 417 g/mol. The molecule has 1 aliphatic heterocycles. The van der Waals surface area contributed by atoms with E-state index >= 15 is 0 Å². The molecule has 1 heterocycles. The minimum absolute atomic E-state index is 0.0940. The minimum atomic E-state index is -0.450. The van der Waals surface area contributed by atoms with Gasteiger partial charge < -0.3 is 4.90 Å². The SMILES string of the molecule is CC(=O)CC1(C(=O)N2CCN(C(C#N)c3ccc(Br)cc3)CC2)CCC1. The summed E-state index contributed by atoms with van der Waals surface area (Å²) in [5.41, 5.74) is 0.524. The highest BCUT2D eigenvalue weighted by Crippen LogP contribution is 2.45. The zero-order valence-electron chi connectivity index (χ0n) is 15.1. The Balaban J connectivity index is 1.63. The molecule has 3 rings (SSSR count). The lowest BCUT2D eigenvalue weighted by Crippen LogP contribution is -2.55. The van der Waals surface area contributed by atoms with Gasteiger partial charge in [-0.05, 0) is 37.5 Å². The second-order valence-electron chi connectivity index (χ2n) is 7.42. The van der Waals surface area contributed by atoms with Crippen molar-refractivity contribution < 1.29 is 9.59 Å². The fourth-order valence-electron chi connectivity index (χ4n) is 4.08. The molecule has 5 nitrogen and oxygen atoms in total. The molecule has 0 aromatic heterocycles. The summed E-state index contributed by atoms with van der Waals surface area (Å²) in [4.78, 5) is 28.6. The molecule has 1 aromatic carbocycles. The maximum absolute atomic E-state index is 13.0. The van der Waals surface area contributed by atoms with Gasteiger partial charge in [-0.3, -0.25) is 14.5 Å². The Morgan fingerprint density at radius 2 is 1.81 bits per heavy atom. The third kappa shape index (κ3) is 3.84. The van der Waals surface area contributed by atoms with Crippen LogP contribution in [0.3, 0.4) is 0 Å². The van der Waals surface area contributed by atoms with Crippen LogP contribution < -0.4 is 0 Å². The van der Waals surface area contributed by atoms with Crippen LogP contribution >= 0.6 is 15.9 Å². The zero-order valence-corrected chi connectivity index (χ0v) is 16.7. The number of halogens is 1. The van der Waals surface area contributed by atoms with Gasteiger partial charge in [0.05, 0.1) is 11.5 Å². The summed E-state index contributed by atoms with van der Waals surface area (Å²) >= 11 is 3.42. The van der Waals surface area contributed by atoms with Crippen LogP contribution in [0.15, 0.2) is 28.7 Å². The quantitative estimate of drug-likeness (QED) is 0.736. The van der Waals surface area contributed by atoms with Crippen LogP contribution in [-0.4, -0.2) is 47.7 Å². The van der Waals surface area contributed by atoms with Crippen molar-refractivity contribution in [3.63, 3.8) is 0 Å². The molecular weight excluding hydrogens is 394 g/mol. The number of rotatable bonds is 5. The smallest absolute Gasteiger partial charge is 0.229 e. The van der Waals surface area contributed by atoms with Gasteiger partial charge in [-0.2, -0.15) is 5.26 Å². The number of nitriles is 1. The molecule has 2 fully saturated rings. The van der Waals surface area contributed by atoms with E-state index < -0.39 is 5.41 Å². The predicted octanol–water partition coefficient (Wildman–Crippen LogP) is 3.31. The van der Waals surface area contributed by atoms with Crippen molar-refractivity contribution in [2.24, 2.45) is 5.41 Å². The first-order valence-corrected chi connectivity index (χ1v) is 9.92. The van der Waals surface area contributed by atoms with E-state index in [1.165, 1.54) is 0 Å². The first-order chi connectivity index (χ1) is 12.4. The first-order valence-electron chi connectivity index (χ1n) is 9.13. The van der Waals surface area contributed by atoms with Crippen molar-refractivity contribution in [3.8, 4) is 6.07 Å². The second-order valence-corrected chi connectivity index (χ2v) is 8.34. The molecule has 26 heavy (non-hydrogen) atoms. The molecule has 1 atom stereocenters. The van der Waals surface area contributed by atoms with Crippen molar-refractivity contribution in [2.45, 2.75) is 38.6 Å². The number of carbonyl (C=O) groups is 2. The molecule has 2 aliphatic rings. The summed E-state index contributed by atoms with van der Waals surface area (Å²) in [6, 6.07) is 9.92. The normalized spacial score (nSPS) is 20.7. The van der Waals surface area contributed by atoms with E-state index in [2.05, 4.69) is 26.9 Å². The number of piperazine rings is 1. The van der Waals surface area contributed by atoms with E-state index in [1.54, 1.807) is 6.92 Å². The summed E-state index contributed by atoms with van der Waals surface area (Å²) in [6.45, 7) is 4.16. The molecule has 0 bridgehead atoms. The highest BCUT2D eigenvalue weighted by Gasteiger charge is 2.47. The lowest BCUT2D eigenvalue weighted by Gasteiger charge is -2.45. The van der Waals surface area contributed by atoms with E-state index in [-0.39, 0.29) is 17.7 Å². The van der Waals surface area contributed by atoms with Crippen molar-refractivity contribution in [3.05, 3.63) is 34.3 Å². The molecule has 0 spiro atoms. The number of carbonyl (C=O) groups excluding carboxylic acids is 2. The van der Waals surface area contributed by atoms with E-state index in [9.17, 15) is 14.9 Å². The summed E-state index contributed by atoms with van der Waals surface area (Å²) in [5.74, 6) is 0.229. The average molecular weight is 418 g/mol. The van der Waals surface area contributed by atoms with Gasteiger partial charge in [0.25, 0.3) is 0 Å². The molecule has 1 aromatic rings. The maximum Gasteiger partial charge on any atom is 0.229 e. The minimum Gasteiger partial charge on any atom is -0.340 e. The number of hydrogen-bond acceptors (Lipinski definition) is 4. The lowest BCUT2D eigenvalue weighted by molar-refractivity contribution is -0.152. The molecule has 6 heteroatoms. The number of Topliss-reactive ketones (excluding diaryl/α,β-unsaturated/α-hetero) is 1. The van der Waals surface area contributed by atoms with Crippen molar-refractivity contribution in [1.82, 2.24) is 9.80 Å². The van der Waals surface area contributed by atoms with Gasteiger partial charge in [0, 0.05) is 37.1 Å². The summed E-state index contributed by atoms with van der Waals surface area (Å²) in [6.07, 6.45) is 3.04. The Hall–Kier alpha value is -1.71. The molecule has 1 amide bonds. The Labute approximate surface area is 163 Å². The van der Waals surface area contributed by atoms with Crippen LogP contribution in [0.5, 0.6) is 0 Å². The maximum atomic E-state index is 13.0. The van der Waals surface area contributed by atoms with Crippen LogP contribution in [0, 0.1) is 16.7 Å². The summed E-state index contributed by atoms with van der Waals surface area (Å²) in [5, 5.41) is 9.63. The number of hydrogen-bond donors (Lipinski definition) is 0. The molecule has 0 radical (unpaired) electrons. The number of ketones is 1. The zero-order chi connectivity index (χ0) is 18.7. The van der Waals surface area contributed by atoms with Gasteiger partial charge >= 0.3 is 0 Å². The van der Waals surface area contributed by atoms with Gasteiger partial charge in [-0.1, -0.05) is 34.5 Å². The summed E-state index contributed by atoms with van der Waals surface area (Å²) in [7, 11) is 0. The Kier molecular flexibility index (Phi) is 5.79. The molecule has 1 saturated heterocycles. The van der Waals surface area contributed by atoms with Crippen LogP contribution in [-0.2, 0) is 9.59 Å². The van der Waals surface area contributed by atoms with E-state index in [0.717, 1.165) is 29.3 Å². The summed E-state index contributed by atoms with van der Waals surface area (Å²) < 4.78 is 0.990. The van der Waals surface area contributed by atoms with Crippen LogP contribution in [0.1, 0.15) is 44.2 Å². The van der Waals surface area contributed by atoms with Gasteiger partial charge in [0.1, 0.15) is 11.8 Å². The molecule has 1 unspecified atom stereocenters. The Bertz CT molecular complexity index is 714. The molecule has 0 N–H and O–H groups in total. The fourth-order valence-corrected chi connectivity index (χ4v) is 4.34. The van der Waals surface area contributed by atoms with Gasteiger partial charge in [0.2, 0.25) is 5.91 Å². The van der Waals surface area contributed by atoms with Crippen molar-refractivity contribution in [2.75, 3.05) is 26.2 Å². The molecular formula is C20H24BrN3O2. The number of benzene rings is 1. The van der Waals surface area contributed by atoms with Crippen LogP contribution in [0.4, 0.5) is 0 Å². The third-order valence-electron chi connectivity index (χ3n) is 5.63. The average Bonchev–Trinajstić information content (AvgIpc) is 2.60. The Morgan fingerprint density at radius 3 is 2.27 bits per heavy atom. The number of nitrogens with zero attached hydrogens (tertiary/aromatic N) is 3. The third-order valence-corrected chi connectivity index (χ3v) is 6.15. The second kappa shape index (κ2) is 7.89. The Morgan fingerprint density at radius 1 is 1.19 bits per heavy atom. The van der Waals surface area contributed by atoms with E-state index in [1.807, 2.05) is 29.2 Å². The van der Waals surface area contributed by atoms with Gasteiger partial charge in [-0.15, -0.1) is 0 Å². The molecule has 1 saturated carbocycles. The standard InChI is InChI=1S/C20H24BrN3O2/c1-15(25)13-20(7-2-8-20)19(26)24-11-9-23(10-12-24)18(14-22)16-3-5-17(21)6-4-16/h3-6,18H,2,7-13H2,1H3. The largest absolute Gasteiger partial charge is 0.340 e.